The molecule has 3 unspecified atom stereocenters. The SMILES string of the molecule is CCC(O)c1ccc(N2CC(C)CC(C)C2)cc1. The maximum absolute atomic E-state index is 9.80. The number of aliphatic hydroxyl groups is 1. The molecule has 0 bridgehead atoms. The molecule has 1 heterocycles. The number of nitrogens with zero attached hydrogens (tertiary/aromatic N) is 1. The lowest BCUT2D eigenvalue weighted by molar-refractivity contribution is 0.173. The van der Waals surface area contributed by atoms with Gasteiger partial charge in [0.05, 0.1) is 6.10 Å². The van der Waals surface area contributed by atoms with Gasteiger partial charge in [-0.05, 0) is 42.4 Å². The van der Waals surface area contributed by atoms with E-state index in [0.717, 1.165) is 36.9 Å². The lowest BCUT2D eigenvalue weighted by Gasteiger charge is -2.36. The van der Waals surface area contributed by atoms with Crippen LogP contribution in [0.25, 0.3) is 0 Å². The second kappa shape index (κ2) is 5.75. The number of hydrogen-bond donors (Lipinski definition) is 1. The summed E-state index contributed by atoms with van der Waals surface area (Å²) in [5.41, 5.74) is 2.32. The molecule has 1 aromatic rings. The number of benzene rings is 1. The van der Waals surface area contributed by atoms with E-state index in [9.17, 15) is 5.11 Å². The minimum Gasteiger partial charge on any atom is -0.388 e. The second-order valence-corrected chi connectivity index (χ2v) is 5.87. The van der Waals surface area contributed by atoms with Gasteiger partial charge in [-0.1, -0.05) is 32.9 Å². The first-order valence-corrected chi connectivity index (χ1v) is 7.13. The Labute approximate surface area is 111 Å². The molecule has 18 heavy (non-hydrogen) atoms. The van der Waals surface area contributed by atoms with Crippen LogP contribution in [0.15, 0.2) is 24.3 Å². The van der Waals surface area contributed by atoms with Gasteiger partial charge in [0.1, 0.15) is 0 Å². The first kappa shape index (κ1) is 13.4. The zero-order valence-electron chi connectivity index (χ0n) is 11.8. The molecule has 1 N–H and O–H groups in total. The van der Waals surface area contributed by atoms with Crippen LogP contribution in [0.1, 0.15) is 45.3 Å². The Morgan fingerprint density at radius 1 is 1.17 bits per heavy atom. The van der Waals surface area contributed by atoms with Crippen molar-refractivity contribution in [3.8, 4) is 0 Å². The van der Waals surface area contributed by atoms with E-state index in [-0.39, 0.29) is 6.10 Å². The normalized spacial score (nSPS) is 26.1. The molecular weight excluding hydrogens is 222 g/mol. The maximum atomic E-state index is 9.80. The molecule has 1 aliphatic rings. The molecule has 1 fully saturated rings. The van der Waals surface area contributed by atoms with E-state index in [2.05, 4.69) is 43.0 Å². The highest BCUT2D eigenvalue weighted by Gasteiger charge is 2.21. The van der Waals surface area contributed by atoms with Crippen LogP contribution in [0.5, 0.6) is 0 Å². The van der Waals surface area contributed by atoms with Gasteiger partial charge in [0.2, 0.25) is 0 Å². The van der Waals surface area contributed by atoms with Crippen molar-refractivity contribution < 1.29 is 5.11 Å². The summed E-state index contributed by atoms with van der Waals surface area (Å²) in [5.74, 6) is 1.55. The van der Waals surface area contributed by atoms with Crippen LogP contribution in [0.4, 0.5) is 5.69 Å². The van der Waals surface area contributed by atoms with Gasteiger partial charge in [0.15, 0.2) is 0 Å². The Morgan fingerprint density at radius 2 is 1.72 bits per heavy atom. The summed E-state index contributed by atoms with van der Waals surface area (Å²) >= 11 is 0. The van der Waals surface area contributed by atoms with Crippen molar-refractivity contribution in [3.05, 3.63) is 29.8 Å². The fraction of sp³-hybridized carbons (Fsp3) is 0.625. The number of hydrogen-bond acceptors (Lipinski definition) is 2. The van der Waals surface area contributed by atoms with Gasteiger partial charge in [-0.3, -0.25) is 0 Å². The van der Waals surface area contributed by atoms with E-state index in [1.807, 2.05) is 6.92 Å². The van der Waals surface area contributed by atoms with Crippen molar-refractivity contribution in [1.82, 2.24) is 0 Å². The third-order valence-corrected chi connectivity index (χ3v) is 3.90. The standard InChI is InChI=1S/C16H25NO/c1-4-16(18)14-5-7-15(8-6-14)17-10-12(2)9-13(3)11-17/h5-8,12-13,16,18H,4,9-11H2,1-3H3. The average Bonchev–Trinajstić information content (AvgIpc) is 2.37. The van der Waals surface area contributed by atoms with Crippen molar-refractivity contribution >= 4 is 5.69 Å². The van der Waals surface area contributed by atoms with E-state index >= 15 is 0 Å². The Balaban J connectivity index is 2.09. The zero-order chi connectivity index (χ0) is 13.1. The van der Waals surface area contributed by atoms with Crippen LogP contribution >= 0.6 is 0 Å². The van der Waals surface area contributed by atoms with E-state index in [1.165, 1.54) is 12.1 Å². The molecule has 2 rings (SSSR count). The summed E-state index contributed by atoms with van der Waals surface area (Å²) in [4.78, 5) is 2.47. The molecule has 2 heteroatoms. The van der Waals surface area contributed by atoms with Gasteiger partial charge in [0, 0.05) is 18.8 Å². The minimum absolute atomic E-state index is 0.321. The van der Waals surface area contributed by atoms with Gasteiger partial charge in [-0.2, -0.15) is 0 Å². The molecule has 0 spiro atoms. The number of aliphatic hydroxyl groups excluding tert-OH is 1. The van der Waals surface area contributed by atoms with E-state index in [1.54, 1.807) is 0 Å². The quantitative estimate of drug-likeness (QED) is 0.882. The van der Waals surface area contributed by atoms with Crippen LogP contribution in [-0.4, -0.2) is 18.2 Å². The molecule has 1 aliphatic heterocycles. The number of anilines is 1. The predicted molar refractivity (Wildman–Crippen MR) is 76.9 cm³/mol. The Hall–Kier alpha value is -1.02. The monoisotopic (exact) mass is 247 g/mol. The van der Waals surface area contributed by atoms with Crippen LogP contribution in [-0.2, 0) is 0 Å². The largest absolute Gasteiger partial charge is 0.388 e. The van der Waals surface area contributed by atoms with Crippen molar-refractivity contribution in [3.63, 3.8) is 0 Å². The molecule has 100 valence electrons. The Morgan fingerprint density at radius 3 is 2.22 bits per heavy atom. The first-order valence-electron chi connectivity index (χ1n) is 7.13. The fourth-order valence-corrected chi connectivity index (χ4v) is 3.02. The Kier molecular flexibility index (Phi) is 4.28. The summed E-state index contributed by atoms with van der Waals surface area (Å²) in [6.07, 6.45) is 1.79. The van der Waals surface area contributed by atoms with Crippen LogP contribution in [0, 0.1) is 11.8 Å². The molecule has 0 radical (unpaired) electrons. The number of piperidine rings is 1. The zero-order valence-corrected chi connectivity index (χ0v) is 11.8. The highest BCUT2D eigenvalue weighted by molar-refractivity contribution is 5.48. The molecule has 0 amide bonds. The minimum atomic E-state index is -0.321. The van der Waals surface area contributed by atoms with Gasteiger partial charge >= 0.3 is 0 Å². The third kappa shape index (κ3) is 3.05. The van der Waals surface area contributed by atoms with Crippen molar-refractivity contribution in [2.24, 2.45) is 11.8 Å². The van der Waals surface area contributed by atoms with Crippen LogP contribution < -0.4 is 4.90 Å². The highest BCUT2D eigenvalue weighted by atomic mass is 16.3. The van der Waals surface area contributed by atoms with Crippen LogP contribution in [0.3, 0.4) is 0 Å². The predicted octanol–water partition coefficient (Wildman–Crippen LogP) is 3.61. The molecule has 3 atom stereocenters. The molecule has 1 saturated heterocycles. The van der Waals surface area contributed by atoms with E-state index in [0.29, 0.717) is 0 Å². The first-order chi connectivity index (χ1) is 8.60. The molecule has 0 aromatic heterocycles. The summed E-state index contributed by atoms with van der Waals surface area (Å²) in [5, 5.41) is 9.80. The lowest BCUT2D eigenvalue weighted by Crippen LogP contribution is -2.38. The molecule has 2 nitrogen and oxygen atoms in total. The highest BCUT2D eigenvalue weighted by Crippen LogP contribution is 2.27. The maximum Gasteiger partial charge on any atom is 0.0787 e. The summed E-state index contributed by atoms with van der Waals surface area (Å²) in [7, 11) is 0. The van der Waals surface area contributed by atoms with Crippen molar-refractivity contribution in [2.45, 2.75) is 39.7 Å². The summed E-state index contributed by atoms with van der Waals surface area (Å²) in [6.45, 7) is 8.97. The number of rotatable bonds is 3. The van der Waals surface area contributed by atoms with Crippen molar-refractivity contribution in [2.75, 3.05) is 18.0 Å². The molecule has 0 saturated carbocycles. The van der Waals surface area contributed by atoms with Crippen molar-refractivity contribution in [1.29, 1.82) is 0 Å². The second-order valence-electron chi connectivity index (χ2n) is 5.87. The van der Waals surface area contributed by atoms with Crippen LogP contribution in [0.2, 0.25) is 0 Å². The van der Waals surface area contributed by atoms with E-state index < -0.39 is 0 Å². The van der Waals surface area contributed by atoms with Gasteiger partial charge < -0.3 is 10.0 Å². The summed E-state index contributed by atoms with van der Waals surface area (Å²) in [6, 6.07) is 8.43. The Bertz CT molecular complexity index is 363. The van der Waals surface area contributed by atoms with Gasteiger partial charge in [-0.25, -0.2) is 0 Å². The smallest absolute Gasteiger partial charge is 0.0787 e. The third-order valence-electron chi connectivity index (χ3n) is 3.90. The molecular formula is C16H25NO. The van der Waals surface area contributed by atoms with Gasteiger partial charge in [0.25, 0.3) is 0 Å². The summed E-state index contributed by atoms with van der Waals surface area (Å²) < 4.78 is 0. The van der Waals surface area contributed by atoms with E-state index in [4.69, 9.17) is 0 Å². The topological polar surface area (TPSA) is 23.5 Å². The fourth-order valence-electron chi connectivity index (χ4n) is 3.02. The van der Waals surface area contributed by atoms with Gasteiger partial charge in [-0.15, -0.1) is 0 Å². The average molecular weight is 247 g/mol. The molecule has 1 aromatic carbocycles. The lowest BCUT2D eigenvalue weighted by atomic mass is 9.91. The molecule has 0 aliphatic carbocycles.